The molecule has 1 heterocycles. The van der Waals surface area contributed by atoms with E-state index in [9.17, 15) is 0 Å². The van der Waals surface area contributed by atoms with Gasteiger partial charge in [-0.25, -0.2) is 0 Å². The molecular weight excluding hydrogens is 210 g/mol. The lowest BCUT2D eigenvalue weighted by molar-refractivity contribution is 0.203. The molecule has 0 amide bonds. The van der Waals surface area contributed by atoms with Crippen LogP contribution in [0.1, 0.15) is 39.5 Å². The van der Waals surface area contributed by atoms with Crippen LogP contribution in [0.4, 0.5) is 0 Å². The number of likely N-dealkylation sites (N-methyl/N-ethyl adjacent to an activating group) is 1. The summed E-state index contributed by atoms with van der Waals surface area (Å²) >= 11 is 0. The second kappa shape index (κ2) is 8.90. The summed E-state index contributed by atoms with van der Waals surface area (Å²) in [5.74, 6) is 0. The topological polar surface area (TPSA) is 18.5 Å². The fraction of sp³-hybridized carbons (Fsp3) is 1.00. The summed E-state index contributed by atoms with van der Waals surface area (Å²) in [5, 5.41) is 3.56. The molecule has 3 nitrogen and oxygen atoms in total. The van der Waals surface area contributed by atoms with Gasteiger partial charge in [-0.2, -0.15) is 0 Å². The van der Waals surface area contributed by atoms with Gasteiger partial charge in [-0.15, -0.1) is 0 Å². The highest BCUT2D eigenvalue weighted by Gasteiger charge is 2.18. The molecule has 0 aliphatic carbocycles. The van der Waals surface area contributed by atoms with Crippen LogP contribution in [0.15, 0.2) is 0 Å². The summed E-state index contributed by atoms with van der Waals surface area (Å²) in [6, 6.07) is 0.708. The molecule has 1 unspecified atom stereocenters. The standard InChI is InChI=1S/C14H31N3/c1-4-5-6-8-15-9-12-17-11-7-10-16(3)13-14(17)2/h14-15H,4-13H2,1-3H3. The van der Waals surface area contributed by atoms with Crippen LogP contribution in [0.5, 0.6) is 0 Å². The maximum atomic E-state index is 3.56. The first-order valence-electron chi connectivity index (χ1n) is 7.37. The average Bonchev–Trinajstić information content (AvgIpc) is 2.45. The van der Waals surface area contributed by atoms with Gasteiger partial charge in [0, 0.05) is 25.7 Å². The molecular formula is C14H31N3. The Morgan fingerprint density at radius 1 is 1.18 bits per heavy atom. The Balaban J connectivity index is 2.08. The summed E-state index contributed by atoms with van der Waals surface area (Å²) in [7, 11) is 2.24. The third-order valence-corrected chi connectivity index (χ3v) is 3.72. The molecule has 1 atom stereocenters. The van der Waals surface area contributed by atoms with Crippen molar-refractivity contribution in [2.75, 3.05) is 46.3 Å². The van der Waals surface area contributed by atoms with Crippen molar-refractivity contribution in [2.45, 2.75) is 45.6 Å². The fourth-order valence-electron chi connectivity index (χ4n) is 2.60. The van der Waals surface area contributed by atoms with Gasteiger partial charge in [0.25, 0.3) is 0 Å². The van der Waals surface area contributed by atoms with Gasteiger partial charge >= 0.3 is 0 Å². The summed E-state index contributed by atoms with van der Waals surface area (Å²) in [4.78, 5) is 5.09. The first kappa shape index (κ1) is 14.9. The lowest BCUT2D eigenvalue weighted by Gasteiger charge is -2.27. The molecule has 0 aromatic carbocycles. The maximum absolute atomic E-state index is 3.56. The Labute approximate surface area is 108 Å². The predicted octanol–water partition coefficient (Wildman–Crippen LogP) is 1.79. The highest BCUT2D eigenvalue weighted by atomic mass is 15.2. The quantitative estimate of drug-likeness (QED) is 0.686. The molecule has 0 aromatic rings. The van der Waals surface area contributed by atoms with Crippen molar-refractivity contribution >= 4 is 0 Å². The van der Waals surface area contributed by atoms with Crippen molar-refractivity contribution in [2.24, 2.45) is 0 Å². The minimum absolute atomic E-state index is 0.708. The Kier molecular flexibility index (Phi) is 7.82. The molecule has 17 heavy (non-hydrogen) atoms. The van der Waals surface area contributed by atoms with E-state index in [1.807, 2.05) is 0 Å². The molecule has 0 radical (unpaired) electrons. The van der Waals surface area contributed by atoms with Crippen molar-refractivity contribution in [1.82, 2.24) is 15.1 Å². The first-order valence-corrected chi connectivity index (χ1v) is 7.37. The number of unbranched alkanes of at least 4 members (excludes halogenated alkanes) is 2. The number of nitrogens with one attached hydrogen (secondary N) is 1. The Morgan fingerprint density at radius 3 is 2.76 bits per heavy atom. The smallest absolute Gasteiger partial charge is 0.0195 e. The van der Waals surface area contributed by atoms with Crippen LogP contribution >= 0.6 is 0 Å². The molecule has 0 spiro atoms. The second-order valence-electron chi connectivity index (χ2n) is 5.46. The lowest BCUT2D eigenvalue weighted by Crippen LogP contribution is -2.41. The summed E-state index contributed by atoms with van der Waals surface area (Å²) in [6.45, 7) is 11.9. The number of nitrogens with zero attached hydrogens (tertiary/aromatic N) is 2. The van der Waals surface area contributed by atoms with E-state index in [0.29, 0.717) is 6.04 Å². The SMILES string of the molecule is CCCCCNCCN1CCCN(C)CC1C. The van der Waals surface area contributed by atoms with Gasteiger partial charge in [-0.05, 0) is 46.4 Å². The van der Waals surface area contributed by atoms with Gasteiger partial charge in [-0.3, -0.25) is 4.90 Å². The largest absolute Gasteiger partial charge is 0.315 e. The zero-order valence-corrected chi connectivity index (χ0v) is 12.0. The van der Waals surface area contributed by atoms with Gasteiger partial charge in [-0.1, -0.05) is 19.8 Å². The van der Waals surface area contributed by atoms with Crippen molar-refractivity contribution in [3.05, 3.63) is 0 Å². The van der Waals surface area contributed by atoms with Gasteiger partial charge in [0.05, 0.1) is 0 Å². The van der Waals surface area contributed by atoms with Gasteiger partial charge in [0.1, 0.15) is 0 Å². The van der Waals surface area contributed by atoms with Crippen LogP contribution in [-0.2, 0) is 0 Å². The predicted molar refractivity (Wildman–Crippen MR) is 75.5 cm³/mol. The Bertz CT molecular complexity index is 184. The summed E-state index contributed by atoms with van der Waals surface area (Å²) < 4.78 is 0. The van der Waals surface area contributed by atoms with Gasteiger partial charge in [0.15, 0.2) is 0 Å². The summed E-state index contributed by atoms with van der Waals surface area (Å²) in [6.07, 6.45) is 5.32. The lowest BCUT2D eigenvalue weighted by atomic mass is 10.2. The zero-order chi connectivity index (χ0) is 12.5. The van der Waals surface area contributed by atoms with Crippen molar-refractivity contribution in [3.63, 3.8) is 0 Å². The van der Waals surface area contributed by atoms with E-state index in [1.165, 1.54) is 58.4 Å². The van der Waals surface area contributed by atoms with Crippen LogP contribution < -0.4 is 5.32 Å². The van der Waals surface area contributed by atoms with E-state index in [-0.39, 0.29) is 0 Å². The van der Waals surface area contributed by atoms with Crippen LogP contribution in [0, 0.1) is 0 Å². The van der Waals surface area contributed by atoms with E-state index in [4.69, 9.17) is 0 Å². The monoisotopic (exact) mass is 241 g/mol. The summed E-state index contributed by atoms with van der Waals surface area (Å²) in [5.41, 5.74) is 0. The first-order chi connectivity index (χ1) is 8.24. The van der Waals surface area contributed by atoms with Crippen molar-refractivity contribution in [3.8, 4) is 0 Å². The van der Waals surface area contributed by atoms with E-state index >= 15 is 0 Å². The highest BCUT2D eigenvalue weighted by molar-refractivity contribution is 4.75. The zero-order valence-electron chi connectivity index (χ0n) is 12.0. The highest BCUT2D eigenvalue weighted by Crippen LogP contribution is 2.07. The van der Waals surface area contributed by atoms with Crippen LogP contribution in [0.3, 0.4) is 0 Å². The van der Waals surface area contributed by atoms with E-state index < -0.39 is 0 Å². The maximum Gasteiger partial charge on any atom is 0.0195 e. The van der Waals surface area contributed by atoms with Crippen LogP contribution in [0.25, 0.3) is 0 Å². The molecule has 0 bridgehead atoms. The van der Waals surface area contributed by atoms with Crippen molar-refractivity contribution in [1.29, 1.82) is 0 Å². The molecule has 3 heteroatoms. The molecule has 1 rings (SSSR count). The van der Waals surface area contributed by atoms with E-state index in [0.717, 1.165) is 6.54 Å². The van der Waals surface area contributed by atoms with E-state index in [1.54, 1.807) is 0 Å². The molecule has 0 saturated carbocycles. The van der Waals surface area contributed by atoms with Gasteiger partial charge < -0.3 is 10.2 Å². The number of hydrogen-bond donors (Lipinski definition) is 1. The average molecular weight is 241 g/mol. The molecule has 102 valence electrons. The fourth-order valence-corrected chi connectivity index (χ4v) is 2.60. The van der Waals surface area contributed by atoms with Crippen LogP contribution in [0.2, 0.25) is 0 Å². The third-order valence-electron chi connectivity index (χ3n) is 3.72. The molecule has 1 saturated heterocycles. The Hall–Kier alpha value is -0.120. The normalized spacial score (nSPS) is 23.8. The molecule has 1 aliphatic heterocycles. The van der Waals surface area contributed by atoms with Gasteiger partial charge in [0.2, 0.25) is 0 Å². The minimum atomic E-state index is 0.708. The van der Waals surface area contributed by atoms with E-state index in [2.05, 4.69) is 36.0 Å². The third kappa shape index (κ3) is 6.39. The van der Waals surface area contributed by atoms with Crippen molar-refractivity contribution < 1.29 is 0 Å². The number of hydrogen-bond acceptors (Lipinski definition) is 3. The molecule has 0 aromatic heterocycles. The molecule has 1 aliphatic rings. The molecule has 1 fully saturated rings. The van der Waals surface area contributed by atoms with Crippen LogP contribution in [-0.4, -0.2) is 62.2 Å². The second-order valence-corrected chi connectivity index (χ2v) is 5.46. The number of rotatable bonds is 7. The molecule has 1 N–H and O–H groups in total. The minimum Gasteiger partial charge on any atom is -0.315 e. The Morgan fingerprint density at radius 2 is 2.00 bits per heavy atom.